The molecule has 0 unspecified atom stereocenters. The van der Waals surface area contributed by atoms with E-state index in [0.717, 1.165) is 38.0 Å². The normalized spacial score (nSPS) is 18.3. The first-order valence-electron chi connectivity index (χ1n) is 6.64. The molecule has 0 atom stereocenters. The highest BCUT2D eigenvalue weighted by molar-refractivity contribution is 5.75. The lowest BCUT2D eigenvalue weighted by atomic mass is 9.85. The van der Waals surface area contributed by atoms with Gasteiger partial charge in [-0.05, 0) is 31.5 Å². The third-order valence-electron chi connectivity index (χ3n) is 3.95. The van der Waals surface area contributed by atoms with Gasteiger partial charge in [0.2, 0.25) is 0 Å². The molecule has 1 aliphatic rings. The van der Waals surface area contributed by atoms with Crippen molar-refractivity contribution in [1.29, 1.82) is 0 Å². The molecule has 100 valence electrons. The summed E-state index contributed by atoms with van der Waals surface area (Å²) in [5, 5.41) is 9.48. The summed E-state index contributed by atoms with van der Waals surface area (Å²) in [6.45, 7) is 4.22. The molecular formula is C14H21NO3. The summed E-state index contributed by atoms with van der Waals surface area (Å²) < 4.78 is 5.33. The van der Waals surface area contributed by atoms with Crippen LogP contribution in [-0.2, 0) is 11.3 Å². The minimum absolute atomic E-state index is 0.539. The number of rotatable bonds is 6. The minimum Gasteiger partial charge on any atom is -0.481 e. The molecule has 1 N–H and O–H groups in total. The van der Waals surface area contributed by atoms with Crippen molar-refractivity contribution in [2.45, 2.75) is 39.2 Å². The number of furan rings is 1. The molecule has 0 amide bonds. The van der Waals surface area contributed by atoms with Gasteiger partial charge in [-0.25, -0.2) is 0 Å². The number of aliphatic carboxylic acids is 1. The van der Waals surface area contributed by atoms with Crippen LogP contribution in [-0.4, -0.2) is 29.1 Å². The Balaban J connectivity index is 2.02. The molecule has 0 aromatic carbocycles. The Morgan fingerprint density at radius 2 is 2.22 bits per heavy atom. The molecule has 0 bridgehead atoms. The lowest BCUT2D eigenvalue weighted by molar-refractivity contribution is -0.150. The van der Waals surface area contributed by atoms with Crippen LogP contribution in [0.2, 0.25) is 0 Å². The van der Waals surface area contributed by atoms with Gasteiger partial charge in [0, 0.05) is 6.54 Å². The summed E-state index contributed by atoms with van der Waals surface area (Å²) in [5.41, 5.74) is -0.539. The van der Waals surface area contributed by atoms with Crippen LogP contribution in [0.25, 0.3) is 0 Å². The molecule has 1 saturated carbocycles. The number of hydrogen-bond donors (Lipinski definition) is 1. The number of carboxylic acids is 1. The van der Waals surface area contributed by atoms with Crippen molar-refractivity contribution in [2.75, 3.05) is 13.1 Å². The Kier molecular flexibility index (Phi) is 4.07. The van der Waals surface area contributed by atoms with E-state index >= 15 is 0 Å². The van der Waals surface area contributed by atoms with Crippen LogP contribution in [0.4, 0.5) is 0 Å². The Hall–Kier alpha value is -1.29. The fraction of sp³-hybridized carbons (Fsp3) is 0.643. The quantitative estimate of drug-likeness (QED) is 0.844. The van der Waals surface area contributed by atoms with E-state index in [0.29, 0.717) is 13.1 Å². The number of nitrogens with zero attached hydrogens (tertiary/aromatic N) is 1. The second kappa shape index (κ2) is 5.57. The summed E-state index contributed by atoms with van der Waals surface area (Å²) >= 11 is 0. The van der Waals surface area contributed by atoms with E-state index in [1.165, 1.54) is 0 Å². The van der Waals surface area contributed by atoms with Crippen LogP contribution in [0.15, 0.2) is 22.8 Å². The standard InChI is InChI=1S/C14H21NO3/c1-2-15(10-12-6-5-9-18-12)11-14(13(16)17)7-3-4-8-14/h5-6,9H,2-4,7-8,10-11H2,1H3,(H,16,17). The highest BCUT2D eigenvalue weighted by Gasteiger charge is 2.42. The van der Waals surface area contributed by atoms with Gasteiger partial charge in [-0.3, -0.25) is 9.69 Å². The van der Waals surface area contributed by atoms with Crippen molar-refractivity contribution in [3.8, 4) is 0 Å². The molecule has 1 fully saturated rings. The lowest BCUT2D eigenvalue weighted by Gasteiger charge is -2.30. The molecule has 0 spiro atoms. The third kappa shape index (κ3) is 2.75. The summed E-state index contributed by atoms with van der Waals surface area (Å²) in [4.78, 5) is 13.7. The van der Waals surface area contributed by atoms with E-state index in [4.69, 9.17) is 4.42 Å². The maximum atomic E-state index is 11.5. The zero-order valence-corrected chi connectivity index (χ0v) is 10.9. The van der Waals surface area contributed by atoms with E-state index in [-0.39, 0.29) is 0 Å². The first-order valence-corrected chi connectivity index (χ1v) is 6.64. The first kappa shape index (κ1) is 13.1. The fourth-order valence-corrected chi connectivity index (χ4v) is 2.82. The second-order valence-electron chi connectivity index (χ2n) is 5.18. The molecule has 4 heteroatoms. The summed E-state index contributed by atoms with van der Waals surface area (Å²) in [5.74, 6) is 0.258. The van der Waals surface area contributed by atoms with Gasteiger partial charge in [0.15, 0.2) is 0 Å². The molecule has 1 heterocycles. The van der Waals surface area contributed by atoms with Gasteiger partial charge in [-0.2, -0.15) is 0 Å². The fourth-order valence-electron chi connectivity index (χ4n) is 2.82. The third-order valence-corrected chi connectivity index (χ3v) is 3.95. The topological polar surface area (TPSA) is 53.7 Å². The first-order chi connectivity index (χ1) is 8.66. The van der Waals surface area contributed by atoms with E-state index in [1.54, 1.807) is 6.26 Å². The largest absolute Gasteiger partial charge is 0.481 e. The highest BCUT2D eigenvalue weighted by Crippen LogP contribution is 2.39. The van der Waals surface area contributed by atoms with Gasteiger partial charge in [-0.1, -0.05) is 19.8 Å². The average Bonchev–Trinajstić information content (AvgIpc) is 2.99. The Bertz CT molecular complexity index is 380. The van der Waals surface area contributed by atoms with Crippen molar-refractivity contribution in [2.24, 2.45) is 5.41 Å². The van der Waals surface area contributed by atoms with Crippen molar-refractivity contribution < 1.29 is 14.3 Å². The van der Waals surface area contributed by atoms with E-state index < -0.39 is 11.4 Å². The van der Waals surface area contributed by atoms with E-state index in [2.05, 4.69) is 11.8 Å². The van der Waals surface area contributed by atoms with Crippen LogP contribution in [0.1, 0.15) is 38.4 Å². The van der Waals surface area contributed by atoms with Crippen molar-refractivity contribution in [3.63, 3.8) is 0 Å². The monoisotopic (exact) mass is 251 g/mol. The molecule has 1 aliphatic carbocycles. The lowest BCUT2D eigenvalue weighted by Crippen LogP contribution is -2.41. The van der Waals surface area contributed by atoms with Crippen molar-refractivity contribution in [1.82, 2.24) is 4.90 Å². The zero-order valence-electron chi connectivity index (χ0n) is 10.9. The highest BCUT2D eigenvalue weighted by atomic mass is 16.4. The Morgan fingerprint density at radius 1 is 1.50 bits per heavy atom. The molecule has 0 aliphatic heterocycles. The summed E-state index contributed by atoms with van der Waals surface area (Å²) in [6, 6.07) is 3.80. The van der Waals surface area contributed by atoms with Gasteiger partial charge in [0.05, 0.1) is 18.2 Å². The summed E-state index contributed by atoms with van der Waals surface area (Å²) in [7, 11) is 0. The van der Waals surface area contributed by atoms with Crippen molar-refractivity contribution >= 4 is 5.97 Å². The number of hydrogen-bond acceptors (Lipinski definition) is 3. The molecule has 1 aromatic rings. The predicted octanol–water partition coefficient (Wildman–Crippen LogP) is 2.75. The molecule has 2 rings (SSSR count). The molecular weight excluding hydrogens is 230 g/mol. The second-order valence-corrected chi connectivity index (χ2v) is 5.18. The Labute approximate surface area is 108 Å². The summed E-state index contributed by atoms with van der Waals surface area (Å²) in [6.07, 6.45) is 5.33. The maximum Gasteiger partial charge on any atom is 0.310 e. The van der Waals surface area contributed by atoms with Gasteiger partial charge in [-0.15, -0.1) is 0 Å². The smallest absolute Gasteiger partial charge is 0.310 e. The number of carbonyl (C=O) groups is 1. The maximum absolute atomic E-state index is 11.5. The zero-order chi connectivity index (χ0) is 13.0. The minimum atomic E-state index is -0.641. The van der Waals surface area contributed by atoms with Crippen LogP contribution in [0.5, 0.6) is 0 Å². The van der Waals surface area contributed by atoms with Gasteiger partial charge < -0.3 is 9.52 Å². The van der Waals surface area contributed by atoms with Crippen LogP contribution in [0, 0.1) is 5.41 Å². The van der Waals surface area contributed by atoms with E-state index in [1.807, 2.05) is 12.1 Å². The van der Waals surface area contributed by atoms with Gasteiger partial charge in [0.1, 0.15) is 5.76 Å². The van der Waals surface area contributed by atoms with Crippen LogP contribution < -0.4 is 0 Å². The number of carboxylic acid groups (broad SMARTS) is 1. The molecule has 4 nitrogen and oxygen atoms in total. The SMILES string of the molecule is CCN(Cc1ccco1)CC1(C(=O)O)CCCC1. The average molecular weight is 251 g/mol. The Morgan fingerprint density at radius 3 is 2.72 bits per heavy atom. The van der Waals surface area contributed by atoms with Crippen molar-refractivity contribution in [3.05, 3.63) is 24.2 Å². The predicted molar refractivity (Wildman–Crippen MR) is 68.2 cm³/mol. The molecule has 1 aromatic heterocycles. The van der Waals surface area contributed by atoms with Crippen LogP contribution >= 0.6 is 0 Å². The van der Waals surface area contributed by atoms with Crippen LogP contribution in [0.3, 0.4) is 0 Å². The molecule has 18 heavy (non-hydrogen) atoms. The van der Waals surface area contributed by atoms with E-state index in [9.17, 15) is 9.90 Å². The van der Waals surface area contributed by atoms with Gasteiger partial charge in [0.25, 0.3) is 0 Å². The van der Waals surface area contributed by atoms with Gasteiger partial charge >= 0.3 is 5.97 Å². The molecule has 0 radical (unpaired) electrons. The molecule has 0 saturated heterocycles.